The summed E-state index contributed by atoms with van der Waals surface area (Å²) >= 11 is 5.18. The van der Waals surface area contributed by atoms with Crippen LogP contribution in [0.3, 0.4) is 0 Å². The van der Waals surface area contributed by atoms with Crippen molar-refractivity contribution in [2.75, 3.05) is 11.9 Å². The minimum absolute atomic E-state index is 0.252. The first kappa shape index (κ1) is 16.0. The first-order chi connectivity index (χ1) is 10.6. The monoisotopic (exact) mass is 314 g/mol. The normalized spacial score (nSPS) is 9.91. The summed E-state index contributed by atoms with van der Waals surface area (Å²) in [5.41, 5.74) is 2.40. The number of para-hydroxylation sites is 1. The van der Waals surface area contributed by atoms with Crippen molar-refractivity contribution in [3.05, 3.63) is 59.7 Å². The van der Waals surface area contributed by atoms with Gasteiger partial charge in [0, 0.05) is 5.69 Å². The first-order valence-corrected chi connectivity index (χ1v) is 7.42. The lowest BCUT2D eigenvalue weighted by Gasteiger charge is -2.12. The summed E-state index contributed by atoms with van der Waals surface area (Å²) in [6, 6.07) is 14.8. The maximum Gasteiger partial charge on any atom is 0.261 e. The average Bonchev–Trinajstić information content (AvgIpc) is 2.48. The number of thiocarbonyl (C=S) groups is 1. The van der Waals surface area contributed by atoms with Gasteiger partial charge in [0.25, 0.3) is 5.91 Å². The minimum Gasteiger partial charge on any atom is -0.493 e. The zero-order valence-corrected chi connectivity index (χ0v) is 13.4. The maximum atomic E-state index is 12.3. The number of aryl methyl sites for hydroxylation is 1. The smallest absolute Gasteiger partial charge is 0.261 e. The third-order valence-corrected chi connectivity index (χ3v) is 3.14. The Morgan fingerprint density at radius 3 is 2.68 bits per heavy atom. The standard InChI is InChI=1S/C17H18N2O2S/c1-3-21-15-10-5-4-9-14(15)16(20)19-17(22)18-13-8-6-7-12(2)11-13/h4-11H,3H2,1-2H3,(H2,18,19,20,22). The number of ether oxygens (including phenoxy) is 1. The molecule has 2 aromatic carbocycles. The van der Waals surface area contributed by atoms with Crippen LogP contribution in [0.2, 0.25) is 0 Å². The van der Waals surface area contributed by atoms with E-state index in [1.165, 1.54) is 0 Å². The summed E-state index contributed by atoms with van der Waals surface area (Å²) in [5, 5.41) is 5.91. The molecule has 114 valence electrons. The Bertz CT molecular complexity index is 686. The maximum absolute atomic E-state index is 12.3. The SMILES string of the molecule is CCOc1ccccc1C(=O)NC(=S)Nc1cccc(C)c1. The van der Waals surface area contributed by atoms with Gasteiger partial charge in [-0.3, -0.25) is 10.1 Å². The van der Waals surface area contributed by atoms with E-state index in [-0.39, 0.29) is 11.0 Å². The molecule has 0 fully saturated rings. The molecule has 0 aromatic heterocycles. The molecule has 22 heavy (non-hydrogen) atoms. The molecule has 2 rings (SSSR count). The molecule has 0 aliphatic carbocycles. The van der Waals surface area contributed by atoms with Crippen LogP contribution in [0.5, 0.6) is 5.75 Å². The molecule has 0 atom stereocenters. The molecule has 2 aromatic rings. The molecule has 0 aliphatic rings. The van der Waals surface area contributed by atoms with Gasteiger partial charge in [-0.15, -0.1) is 0 Å². The van der Waals surface area contributed by atoms with E-state index in [1.807, 2.05) is 44.2 Å². The summed E-state index contributed by atoms with van der Waals surface area (Å²) in [4.78, 5) is 12.3. The third-order valence-electron chi connectivity index (χ3n) is 2.93. The molecule has 0 unspecified atom stereocenters. The number of nitrogens with one attached hydrogen (secondary N) is 2. The number of hydrogen-bond donors (Lipinski definition) is 2. The van der Waals surface area contributed by atoms with Crippen LogP contribution in [0.4, 0.5) is 5.69 Å². The van der Waals surface area contributed by atoms with Gasteiger partial charge in [-0.2, -0.15) is 0 Å². The highest BCUT2D eigenvalue weighted by atomic mass is 32.1. The molecule has 0 spiro atoms. The molecule has 0 radical (unpaired) electrons. The van der Waals surface area contributed by atoms with Crippen molar-refractivity contribution >= 4 is 28.9 Å². The minimum atomic E-state index is -0.297. The Balaban J connectivity index is 2.04. The third kappa shape index (κ3) is 4.30. The second kappa shape index (κ2) is 7.56. The van der Waals surface area contributed by atoms with Crippen LogP contribution in [0.1, 0.15) is 22.8 Å². The van der Waals surface area contributed by atoms with Crippen molar-refractivity contribution in [3.63, 3.8) is 0 Å². The van der Waals surface area contributed by atoms with Gasteiger partial charge in [-0.1, -0.05) is 24.3 Å². The van der Waals surface area contributed by atoms with E-state index in [4.69, 9.17) is 17.0 Å². The molecular weight excluding hydrogens is 296 g/mol. The van der Waals surface area contributed by atoms with Crippen LogP contribution in [0, 0.1) is 6.92 Å². The summed E-state index contributed by atoms with van der Waals surface area (Å²) in [5.74, 6) is 0.245. The van der Waals surface area contributed by atoms with E-state index in [2.05, 4.69) is 10.6 Å². The van der Waals surface area contributed by atoms with Crippen molar-refractivity contribution in [3.8, 4) is 5.75 Å². The molecule has 0 aliphatic heterocycles. The lowest BCUT2D eigenvalue weighted by atomic mass is 10.2. The fourth-order valence-electron chi connectivity index (χ4n) is 1.99. The Labute approximate surface area is 135 Å². The van der Waals surface area contributed by atoms with E-state index in [0.29, 0.717) is 17.9 Å². The molecule has 0 bridgehead atoms. The predicted molar refractivity (Wildman–Crippen MR) is 92.5 cm³/mol. The van der Waals surface area contributed by atoms with Crippen LogP contribution in [0.25, 0.3) is 0 Å². The number of benzene rings is 2. The highest BCUT2D eigenvalue weighted by Crippen LogP contribution is 2.17. The van der Waals surface area contributed by atoms with E-state index in [1.54, 1.807) is 18.2 Å². The molecule has 1 amide bonds. The van der Waals surface area contributed by atoms with Gasteiger partial charge in [0.05, 0.1) is 12.2 Å². The zero-order chi connectivity index (χ0) is 15.9. The Morgan fingerprint density at radius 1 is 1.18 bits per heavy atom. The fraction of sp³-hybridized carbons (Fsp3) is 0.176. The zero-order valence-electron chi connectivity index (χ0n) is 12.6. The second-order valence-electron chi connectivity index (χ2n) is 4.71. The van der Waals surface area contributed by atoms with E-state index in [9.17, 15) is 4.79 Å². The van der Waals surface area contributed by atoms with Gasteiger partial charge in [0.15, 0.2) is 5.11 Å². The van der Waals surface area contributed by atoms with Crippen LogP contribution < -0.4 is 15.4 Å². The predicted octanol–water partition coefficient (Wildman–Crippen LogP) is 3.52. The molecule has 0 saturated heterocycles. The lowest BCUT2D eigenvalue weighted by molar-refractivity contribution is 0.0974. The quantitative estimate of drug-likeness (QED) is 0.848. The van der Waals surface area contributed by atoms with Gasteiger partial charge in [-0.05, 0) is 55.9 Å². The van der Waals surface area contributed by atoms with Crippen molar-refractivity contribution < 1.29 is 9.53 Å². The highest BCUT2D eigenvalue weighted by Gasteiger charge is 2.13. The van der Waals surface area contributed by atoms with Gasteiger partial charge >= 0.3 is 0 Å². The number of carbonyl (C=O) groups is 1. The van der Waals surface area contributed by atoms with Crippen LogP contribution >= 0.6 is 12.2 Å². The number of rotatable bonds is 4. The van der Waals surface area contributed by atoms with E-state index in [0.717, 1.165) is 11.3 Å². The number of amides is 1. The van der Waals surface area contributed by atoms with Gasteiger partial charge in [0.2, 0.25) is 0 Å². The largest absolute Gasteiger partial charge is 0.493 e. The van der Waals surface area contributed by atoms with Gasteiger partial charge < -0.3 is 10.1 Å². The van der Waals surface area contributed by atoms with Crippen LogP contribution in [-0.2, 0) is 0 Å². The van der Waals surface area contributed by atoms with Crippen LogP contribution in [0.15, 0.2) is 48.5 Å². The van der Waals surface area contributed by atoms with Crippen molar-refractivity contribution in [2.45, 2.75) is 13.8 Å². The number of carbonyl (C=O) groups excluding carboxylic acids is 1. The van der Waals surface area contributed by atoms with Crippen LogP contribution in [-0.4, -0.2) is 17.6 Å². The molecule has 0 saturated carbocycles. The fourth-order valence-corrected chi connectivity index (χ4v) is 2.20. The molecule has 0 heterocycles. The Kier molecular flexibility index (Phi) is 5.49. The molecule has 4 nitrogen and oxygen atoms in total. The average molecular weight is 314 g/mol. The molecule has 5 heteroatoms. The topological polar surface area (TPSA) is 50.4 Å². The van der Waals surface area contributed by atoms with Gasteiger partial charge in [0.1, 0.15) is 5.75 Å². The van der Waals surface area contributed by atoms with Gasteiger partial charge in [-0.25, -0.2) is 0 Å². The number of hydrogen-bond acceptors (Lipinski definition) is 3. The van der Waals surface area contributed by atoms with E-state index >= 15 is 0 Å². The Morgan fingerprint density at radius 2 is 1.95 bits per heavy atom. The molecular formula is C17H18N2O2S. The summed E-state index contributed by atoms with van der Waals surface area (Å²) < 4.78 is 5.45. The summed E-state index contributed by atoms with van der Waals surface area (Å²) in [7, 11) is 0. The molecule has 2 N–H and O–H groups in total. The van der Waals surface area contributed by atoms with Crippen molar-refractivity contribution in [1.82, 2.24) is 5.32 Å². The van der Waals surface area contributed by atoms with Crippen molar-refractivity contribution in [1.29, 1.82) is 0 Å². The number of anilines is 1. The lowest BCUT2D eigenvalue weighted by Crippen LogP contribution is -2.34. The highest BCUT2D eigenvalue weighted by molar-refractivity contribution is 7.80. The summed E-state index contributed by atoms with van der Waals surface area (Å²) in [6.07, 6.45) is 0. The van der Waals surface area contributed by atoms with E-state index < -0.39 is 0 Å². The first-order valence-electron chi connectivity index (χ1n) is 7.01. The summed E-state index contributed by atoms with van der Waals surface area (Å²) in [6.45, 7) is 4.36. The van der Waals surface area contributed by atoms with Crippen molar-refractivity contribution in [2.24, 2.45) is 0 Å². The Hall–Kier alpha value is -2.40. The second-order valence-corrected chi connectivity index (χ2v) is 5.12.